The quantitative estimate of drug-likeness (QED) is 0.687. The number of para-hydroxylation sites is 1. The number of hydrogen-bond acceptors (Lipinski definition) is 4. The van der Waals surface area contributed by atoms with E-state index in [4.69, 9.17) is 18.9 Å². The number of nitrogens with one attached hydrogen (secondary N) is 1. The van der Waals surface area contributed by atoms with Crippen molar-refractivity contribution in [3.8, 4) is 17.2 Å². The molecular formula is C22H30NO4+. The Morgan fingerprint density at radius 1 is 0.852 bits per heavy atom. The summed E-state index contributed by atoms with van der Waals surface area (Å²) >= 11 is 0. The molecule has 1 aliphatic heterocycles. The zero-order chi connectivity index (χ0) is 18.9. The maximum atomic E-state index is 5.82. The molecule has 5 nitrogen and oxygen atoms in total. The van der Waals surface area contributed by atoms with Gasteiger partial charge in [0, 0.05) is 6.07 Å². The highest BCUT2D eigenvalue weighted by atomic mass is 16.5. The zero-order valence-corrected chi connectivity index (χ0v) is 16.2. The van der Waals surface area contributed by atoms with Gasteiger partial charge in [-0.2, -0.15) is 0 Å². The minimum Gasteiger partial charge on any atom is -0.491 e. The molecule has 2 aromatic carbocycles. The van der Waals surface area contributed by atoms with Gasteiger partial charge in [-0.05, 0) is 38.1 Å². The minimum atomic E-state index is 0.331. The van der Waals surface area contributed by atoms with Gasteiger partial charge in [-0.25, -0.2) is 0 Å². The number of quaternary nitrogens is 1. The van der Waals surface area contributed by atoms with Crippen molar-refractivity contribution in [3.63, 3.8) is 0 Å². The molecule has 0 bridgehead atoms. The van der Waals surface area contributed by atoms with Crippen molar-refractivity contribution in [1.29, 1.82) is 0 Å². The Hall–Kier alpha value is -2.08. The zero-order valence-electron chi connectivity index (χ0n) is 16.2. The summed E-state index contributed by atoms with van der Waals surface area (Å²) in [5.41, 5.74) is 0. The molecule has 146 valence electrons. The Bertz CT molecular complexity index is 669. The molecule has 2 atom stereocenters. The largest absolute Gasteiger partial charge is 0.491 e. The van der Waals surface area contributed by atoms with Gasteiger partial charge in [-0.3, -0.25) is 0 Å². The minimum absolute atomic E-state index is 0.331. The summed E-state index contributed by atoms with van der Waals surface area (Å²) in [7, 11) is 0. The first-order valence-electron chi connectivity index (χ1n) is 9.71. The van der Waals surface area contributed by atoms with Crippen LogP contribution in [0.1, 0.15) is 13.8 Å². The fourth-order valence-electron chi connectivity index (χ4n) is 3.38. The average Bonchev–Trinajstić information content (AvgIpc) is 2.65. The fraction of sp³-hybridized carbons (Fsp3) is 0.455. The van der Waals surface area contributed by atoms with E-state index in [1.54, 1.807) is 4.90 Å². The van der Waals surface area contributed by atoms with E-state index in [0.717, 1.165) is 43.5 Å². The average molecular weight is 372 g/mol. The van der Waals surface area contributed by atoms with Crippen molar-refractivity contribution in [1.82, 2.24) is 0 Å². The molecule has 27 heavy (non-hydrogen) atoms. The van der Waals surface area contributed by atoms with E-state index in [1.165, 1.54) is 0 Å². The summed E-state index contributed by atoms with van der Waals surface area (Å²) in [5.74, 6) is 2.36. The molecule has 3 rings (SSSR count). The van der Waals surface area contributed by atoms with Gasteiger partial charge in [0.2, 0.25) is 0 Å². The summed E-state index contributed by atoms with van der Waals surface area (Å²) in [6.07, 6.45) is 0.662. The number of rotatable bonds is 9. The molecule has 1 fully saturated rings. The van der Waals surface area contributed by atoms with E-state index in [9.17, 15) is 0 Å². The molecular weight excluding hydrogens is 342 g/mol. The summed E-state index contributed by atoms with van der Waals surface area (Å²) in [4.78, 5) is 1.55. The van der Waals surface area contributed by atoms with Crippen LogP contribution in [0.3, 0.4) is 0 Å². The van der Waals surface area contributed by atoms with Gasteiger partial charge in [-0.15, -0.1) is 0 Å². The lowest BCUT2D eigenvalue weighted by Gasteiger charge is -2.32. The van der Waals surface area contributed by atoms with Crippen molar-refractivity contribution < 1.29 is 23.8 Å². The van der Waals surface area contributed by atoms with Gasteiger partial charge in [0.05, 0.1) is 13.2 Å². The van der Waals surface area contributed by atoms with E-state index in [1.807, 2.05) is 54.6 Å². The SMILES string of the molecule is C[C@@H]1C[NH+](CCOCCOc2cccc(Oc3ccccc3)c2)C[C@@H](C)O1. The number of hydrogen-bond donors (Lipinski definition) is 1. The predicted molar refractivity (Wildman–Crippen MR) is 105 cm³/mol. The maximum absolute atomic E-state index is 5.82. The molecule has 2 aromatic rings. The molecule has 0 spiro atoms. The van der Waals surface area contributed by atoms with Gasteiger partial charge >= 0.3 is 0 Å². The summed E-state index contributed by atoms with van der Waals surface area (Å²) in [6, 6.07) is 17.4. The lowest BCUT2D eigenvalue weighted by Crippen LogP contribution is -3.15. The van der Waals surface area contributed by atoms with Crippen LogP contribution in [0.15, 0.2) is 54.6 Å². The first-order chi connectivity index (χ1) is 13.2. The topological polar surface area (TPSA) is 41.4 Å². The third kappa shape index (κ3) is 6.86. The second-order valence-corrected chi connectivity index (χ2v) is 7.02. The van der Waals surface area contributed by atoms with E-state index >= 15 is 0 Å². The fourth-order valence-corrected chi connectivity index (χ4v) is 3.38. The lowest BCUT2D eigenvalue weighted by atomic mass is 10.2. The van der Waals surface area contributed by atoms with Crippen LogP contribution in [0.2, 0.25) is 0 Å². The Balaban J connectivity index is 1.33. The number of benzene rings is 2. The van der Waals surface area contributed by atoms with Gasteiger partial charge < -0.3 is 23.8 Å². The first-order valence-corrected chi connectivity index (χ1v) is 9.71. The van der Waals surface area contributed by atoms with E-state index in [-0.39, 0.29) is 0 Å². The van der Waals surface area contributed by atoms with Crippen LogP contribution in [0.5, 0.6) is 17.2 Å². The highest BCUT2D eigenvalue weighted by Crippen LogP contribution is 2.24. The Labute approximate surface area is 161 Å². The first kappa shape index (κ1) is 19.7. The predicted octanol–water partition coefficient (Wildman–Crippen LogP) is 2.57. The van der Waals surface area contributed by atoms with Crippen LogP contribution in [0.25, 0.3) is 0 Å². The number of ether oxygens (including phenoxy) is 4. The van der Waals surface area contributed by atoms with Crippen LogP contribution in [-0.2, 0) is 9.47 Å². The molecule has 1 heterocycles. The summed E-state index contributed by atoms with van der Waals surface area (Å²) in [5, 5.41) is 0. The van der Waals surface area contributed by atoms with Crippen molar-refractivity contribution in [2.75, 3.05) is 39.5 Å². The molecule has 5 heteroatoms. The smallest absolute Gasteiger partial charge is 0.131 e. The second kappa shape index (κ2) is 10.3. The highest BCUT2D eigenvalue weighted by molar-refractivity contribution is 5.36. The number of morpholine rings is 1. The Kier molecular flexibility index (Phi) is 7.51. The summed E-state index contributed by atoms with van der Waals surface area (Å²) in [6.45, 7) is 9.25. The second-order valence-electron chi connectivity index (χ2n) is 7.02. The van der Waals surface area contributed by atoms with E-state index < -0.39 is 0 Å². The maximum Gasteiger partial charge on any atom is 0.131 e. The van der Waals surface area contributed by atoms with Crippen LogP contribution in [0, 0.1) is 0 Å². The van der Waals surface area contributed by atoms with E-state index in [0.29, 0.717) is 25.4 Å². The molecule has 0 saturated carbocycles. The third-order valence-corrected chi connectivity index (χ3v) is 4.50. The molecule has 0 amide bonds. The molecule has 0 radical (unpaired) electrons. The Morgan fingerprint density at radius 2 is 1.56 bits per heavy atom. The molecule has 0 unspecified atom stereocenters. The van der Waals surface area contributed by atoms with Gasteiger partial charge in [0.15, 0.2) is 0 Å². The molecule has 0 aliphatic carbocycles. The molecule has 0 aromatic heterocycles. The normalized spacial score (nSPS) is 22.4. The molecule has 1 aliphatic rings. The lowest BCUT2D eigenvalue weighted by molar-refractivity contribution is -0.915. The van der Waals surface area contributed by atoms with Gasteiger partial charge in [0.25, 0.3) is 0 Å². The van der Waals surface area contributed by atoms with Gasteiger partial charge in [0.1, 0.15) is 55.7 Å². The van der Waals surface area contributed by atoms with Gasteiger partial charge in [-0.1, -0.05) is 24.3 Å². The monoisotopic (exact) mass is 372 g/mol. The van der Waals surface area contributed by atoms with Crippen molar-refractivity contribution in [2.24, 2.45) is 0 Å². The Morgan fingerprint density at radius 3 is 2.33 bits per heavy atom. The molecule has 1 saturated heterocycles. The summed E-state index contributed by atoms with van der Waals surface area (Å²) < 4.78 is 23.1. The van der Waals surface area contributed by atoms with Crippen LogP contribution >= 0.6 is 0 Å². The van der Waals surface area contributed by atoms with Crippen molar-refractivity contribution >= 4 is 0 Å². The highest BCUT2D eigenvalue weighted by Gasteiger charge is 2.24. The van der Waals surface area contributed by atoms with Crippen LogP contribution in [0.4, 0.5) is 0 Å². The van der Waals surface area contributed by atoms with E-state index in [2.05, 4.69) is 13.8 Å². The van der Waals surface area contributed by atoms with Crippen LogP contribution in [-0.4, -0.2) is 51.7 Å². The van der Waals surface area contributed by atoms with Crippen LogP contribution < -0.4 is 14.4 Å². The standard InChI is InChI=1S/C22H29NO4/c1-18-16-23(17-19(2)26-18)11-12-24-13-14-25-21-9-6-10-22(15-21)27-20-7-4-3-5-8-20/h3-10,15,18-19H,11-14,16-17H2,1-2H3/p+1/t18-,19-/m1/s1. The third-order valence-electron chi connectivity index (χ3n) is 4.50. The van der Waals surface area contributed by atoms with Crippen molar-refractivity contribution in [2.45, 2.75) is 26.1 Å². The van der Waals surface area contributed by atoms with Crippen molar-refractivity contribution in [3.05, 3.63) is 54.6 Å². The molecule has 1 N–H and O–H groups in total.